The Morgan fingerprint density at radius 1 is 1.26 bits per heavy atom. The van der Waals surface area contributed by atoms with Crippen molar-refractivity contribution in [2.24, 2.45) is 0 Å². The van der Waals surface area contributed by atoms with E-state index in [0.29, 0.717) is 11.4 Å². The first-order valence-electron chi connectivity index (χ1n) is 5.61. The molecule has 0 aliphatic heterocycles. The van der Waals surface area contributed by atoms with Crippen molar-refractivity contribution in [2.75, 3.05) is 0 Å². The van der Waals surface area contributed by atoms with Crippen molar-refractivity contribution < 1.29 is 14.6 Å². The van der Waals surface area contributed by atoms with Crippen LogP contribution in [0.2, 0.25) is 0 Å². The van der Waals surface area contributed by atoms with Crippen LogP contribution in [-0.4, -0.2) is 16.1 Å². The average molecular weight is 322 g/mol. The molecule has 19 heavy (non-hydrogen) atoms. The number of ether oxygens (including phenoxy) is 1. The Bertz CT molecular complexity index is 641. The number of hydrogen-bond acceptors (Lipinski definition) is 3. The molecule has 2 rings (SSSR count). The van der Waals surface area contributed by atoms with Crippen LogP contribution in [0.15, 0.2) is 34.8 Å². The summed E-state index contributed by atoms with van der Waals surface area (Å²) in [6.07, 6.45) is 0. The lowest BCUT2D eigenvalue weighted by Gasteiger charge is -2.09. The van der Waals surface area contributed by atoms with Gasteiger partial charge in [0.2, 0.25) is 5.88 Å². The van der Waals surface area contributed by atoms with E-state index in [4.69, 9.17) is 9.84 Å². The third kappa shape index (κ3) is 3.32. The van der Waals surface area contributed by atoms with Crippen LogP contribution in [0.4, 0.5) is 0 Å². The van der Waals surface area contributed by atoms with Gasteiger partial charge in [-0.15, -0.1) is 0 Å². The van der Waals surface area contributed by atoms with Gasteiger partial charge in [0, 0.05) is 16.2 Å². The number of carbonyl (C=O) groups is 1. The van der Waals surface area contributed by atoms with E-state index < -0.39 is 5.97 Å². The van der Waals surface area contributed by atoms with Crippen LogP contribution in [0.1, 0.15) is 21.6 Å². The number of aromatic nitrogens is 1. The number of carboxylic acids is 1. The molecule has 0 saturated heterocycles. The predicted octanol–water partition coefficient (Wildman–Crippen LogP) is 3.95. The summed E-state index contributed by atoms with van der Waals surface area (Å²) in [5, 5.41) is 9.00. The highest BCUT2D eigenvalue weighted by molar-refractivity contribution is 9.10. The van der Waals surface area contributed by atoms with Gasteiger partial charge >= 0.3 is 5.97 Å². The monoisotopic (exact) mass is 321 g/mol. The van der Waals surface area contributed by atoms with E-state index in [-0.39, 0.29) is 11.4 Å². The van der Waals surface area contributed by atoms with Crippen LogP contribution in [0, 0.1) is 13.8 Å². The Kier molecular flexibility index (Phi) is 3.85. The molecule has 0 radical (unpaired) electrons. The highest BCUT2D eigenvalue weighted by atomic mass is 79.9. The molecular formula is C14H12BrNO3. The van der Waals surface area contributed by atoms with Crippen LogP contribution in [0.3, 0.4) is 0 Å². The Labute approximate surface area is 119 Å². The Balaban J connectivity index is 2.35. The number of aromatic carboxylic acids is 1. The van der Waals surface area contributed by atoms with Gasteiger partial charge in [-0.1, -0.05) is 15.9 Å². The maximum atomic E-state index is 11.0. The molecule has 0 bridgehead atoms. The lowest BCUT2D eigenvalue weighted by atomic mass is 10.2. The molecule has 5 heteroatoms. The third-order valence-corrected chi connectivity index (χ3v) is 3.02. The number of carboxylic acid groups (broad SMARTS) is 1. The molecule has 0 fully saturated rings. The van der Waals surface area contributed by atoms with E-state index in [1.54, 1.807) is 6.92 Å². The zero-order valence-corrected chi connectivity index (χ0v) is 12.1. The number of hydrogen-bond donors (Lipinski definition) is 1. The molecule has 0 unspecified atom stereocenters. The molecule has 2 aromatic rings. The molecule has 0 saturated carbocycles. The summed E-state index contributed by atoms with van der Waals surface area (Å²) in [7, 11) is 0. The lowest BCUT2D eigenvalue weighted by molar-refractivity contribution is 0.0696. The maximum absolute atomic E-state index is 11.0. The smallest absolute Gasteiger partial charge is 0.335 e. The molecular weight excluding hydrogens is 310 g/mol. The van der Waals surface area contributed by atoms with Gasteiger partial charge in [0.25, 0.3) is 0 Å². The highest BCUT2D eigenvalue weighted by Crippen LogP contribution is 2.27. The number of halogens is 1. The average Bonchev–Trinajstić information content (AvgIpc) is 2.32. The first-order valence-corrected chi connectivity index (χ1v) is 6.41. The number of rotatable bonds is 3. The minimum Gasteiger partial charge on any atom is -0.478 e. The summed E-state index contributed by atoms with van der Waals surface area (Å²) in [5.74, 6) is -0.0664. The summed E-state index contributed by atoms with van der Waals surface area (Å²) in [5.41, 5.74) is 1.71. The van der Waals surface area contributed by atoms with E-state index in [1.165, 1.54) is 12.1 Å². The van der Waals surface area contributed by atoms with Crippen molar-refractivity contribution in [3.05, 3.63) is 51.6 Å². The zero-order chi connectivity index (χ0) is 14.0. The van der Waals surface area contributed by atoms with Crippen molar-refractivity contribution >= 4 is 21.9 Å². The van der Waals surface area contributed by atoms with Crippen LogP contribution in [0.25, 0.3) is 0 Å². The first kappa shape index (κ1) is 13.5. The van der Waals surface area contributed by atoms with E-state index in [2.05, 4.69) is 20.9 Å². The molecule has 0 spiro atoms. The molecule has 1 aromatic heterocycles. The van der Waals surface area contributed by atoms with Gasteiger partial charge in [-0.05, 0) is 43.7 Å². The lowest BCUT2D eigenvalue weighted by Crippen LogP contribution is -2.00. The Morgan fingerprint density at radius 3 is 2.63 bits per heavy atom. The maximum Gasteiger partial charge on any atom is 0.335 e. The molecule has 1 heterocycles. The number of benzene rings is 1. The SMILES string of the molecule is Cc1cc(C(=O)O)cc(Oc2ccc(Br)cc2C)n1. The number of nitrogens with zero attached hydrogens (tertiary/aromatic N) is 1. The molecule has 98 valence electrons. The second kappa shape index (κ2) is 5.40. The van der Waals surface area contributed by atoms with E-state index in [1.807, 2.05) is 25.1 Å². The van der Waals surface area contributed by atoms with Gasteiger partial charge in [0.1, 0.15) is 5.75 Å². The summed E-state index contributed by atoms with van der Waals surface area (Å²) in [4.78, 5) is 15.2. The number of pyridine rings is 1. The van der Waals surface area contributed by atoms with Gasteiger partial charge in [-0.25, -0.2) is 9.78 Å². The van der Waals surface area contributed by atoms with E-state index in [9.17, 15) is 4.79 Å². The Morgan fingerprint density at radius 2 is 2.00 bits per heavy atom. The second-order valence-corrected chi connectivity index (χ2v) is 5.07. The fourth-order valence-corrected chi connectivity index (χ4v) is 2.13. The molecule has 0 aliphatic rings. The molecule has 4 nitrogen and oxygen atoms in total. The summed E-state index contributed by atoms with van der Waals surface area (Å²) < 4.78 is 6.60. The van der Waals surface area contributed by atoms with Crippen LogP contribution in [0.5, 0.6) is 11.6 Å². The number of aryl methyl sites for hydroxylation is 2. The van der Waals surface area contributed by atoms with Crippen molar-refractivity contribution in [1.82, 2.24) is 4.98 Å². The minimum atomic E-state index is -0.997. The summed E-state index contributed by atoms with van der Waals surface area (Å²) >= 11 is 3.38. The fourth-order valence-electron chi connectivity index (χ4n) is 1.65. The quantitative estimate of drug-likeness (QED) is 0.929. The van der Waals surface area contributed by atoms with Crippen LogP contribution < -0.4 is 4.74 Å². The first-order chi connectivity index (χ1) is 8.95. The normalized spacial score (nSPS) is 10.3. The van der Waals surface area contributed by atoms with Gasteiger partial charge in [-0.2, -0.15) is 0 Å². The van der Waals surface area contributed by atoms with Crippen molar-refractivity contribution in [1.29, 1.82) is 0 Å². The van der Waals surface area contributed by atoms with Crippen molar-refractivity contribution in [2.45, 2.75) is 13.8 Å². The Hall–Kier alpha value is -1.88. The summed E-state index contributed by atoms with van der Waals surface area (Å²) in [6, 6.07) is 8.50. The van der Waals surface area contributed by atoms with Crippen molar-refractivity contribution in [3.63, 3.8) is 0 Å². The van der Waals surface area contributed by atoms with Gasteiger partial charge in [0.15, 0.2) is 0 Å². The predicted molar refractivity (Wildman–Crippen MR) is 74.9 cm³/mol. The van der Waals surface area contributed by atoms with Gasteiger partial charge in [0.05, 0.1) is 5.56 Å². The van der Waals surface area contributed by atoms with E-state index >= 15 is 0 Å². The van der Waals surface area contributed by atoms with Gasteiger partial charge < -0.3 is 9.84 Å². The van der Waals surface area contributed by atoms with E-state index in [0.717, 1.165) is 10.0 Å². The highest BCUT2D eigenvalue weighted by Gasteiger charge is 2.09. The zero-order valence-electron chi connectivity index (χ0n) is 10.5. The molecule has 0 atom stereocenters. The second-order valence-electron chi connectivity index (χ2n) is 4.15. The minimum absolute atomic E-state index is 0.164. The fraction of sp³-hybridized carbons (Fsp3) is 0.143. The summed E-state index contributed by atoms with van der Waals surface area (Å²) in [6.45, 7) is 3.64. The van der Waals surface area contributed by atoms with Crippen LogP contribution >= 0.6 is 15.9 Å². The van der Waals surface area contributed by atoms with Gasteiger partial charge in [-0.3, -0.25) is 0 Å². The molecule has 0 amide bonds. The van der Waals surface area contributed by atoms with Crippen LogP contribution in [-0.2, 0) is 0 Å². The molecule has 1 aromatic carbocycles. The molecule has 1 N–H and O–H groups in total. The topological polar surface area (TPSA) is 59.4 Å². The molecule has 0 aliphatic carbocycles. The largest absolute Gasteiger partial charge is 0.478 e. The third-order valence-electron chi connectivity index (χ3n) is 2.53. The standard InChI is InChI=1S/C14H12BrNO3/c1-8-5-11(15)3-4-12(8)19-13-7-10(14(17)18)6-9(2)16-13/h3-7H,1-2H3,(H,17,18). The van der Waals surface area contributed by atoms with Crippen molar-refractivity contribution in [3.8, 4) is 11.6 Å².